The topological polar surface area (TPSA) is 140 Å². The Morgan fingerprint density at radius 2 is 2.14 bits per heavy atom. The quantitative estimate of drug-likeness (QED) is 0.564. The molecule has 1 amide bonds. The number of nitrogens with zero attached hydrogens (tertiary/aromatic N) is 5. The summed E-state index contributed by atoms with van der Waals surface area (Å²) in [4.78, 5) is 51.4. The first-order chi connectivity index (χ1) is 13.9. The Kier molecular flexibility index (Phi) is 4.72. The molecule has 0 aromatic carbocycles. The number of fused-ring (bicyclic) bond motifs is 1. The van der Waals surface area contributed by atoms with Crippen LogP contribution in [0, 0.1) is 12.8 Å². The van der Waals surface area contributed by atoms with Crippen LogP contribution in [0.4, 0.5) is 5.82 Å². The highest BCUT2D eigenvalue weighted by Gasteiger charge is 2.34. The number of carboxylic acid groups (broad SMARTS) is 1. The van der Waals surface area contributed by atoms with E-state index in [2.05, 4.69) is 24.7 Å². The third-order valence-corrected chi connectivity index (χ3v) is 5.37. The average Bonchev–Trinajstić information content (AvgIpc) is 3.14. The second-order valence-electron chi connectivity index (χ2n) is 6.54. The van der Waals surface area contributed by atoms with Gasteiger partial charge in [0.05, 0.1) is 18.4 Å². The van der Waals surface area contributed by atoms with Gasteiger partial charge in [0, 0.05) is 30.8 Å². The number of rotatable bonds is 5. The Balaban J connectivity index is 1.82. The van der Waals surface area contributed by atoms with E-state index in [1.54, 1.807) is 13.0 Å². The van der Waals surface area contributed by atoms with E-state index < -0.39 is 11.4 Å². The minimum Gasteiger partial charge on any atom is -0.477 e. The molecule has 150 valence electrons. The number of aryl methyl sites for hydroxylation is 1. The first-order valence-electron chi connectivity index (χ1n) is 8.55. The summed E-state index contributed by atoms with van der Waals surface area (Å²) in [6, 6.07) is 1.71. The van der Waals surface area contributed by atoms with Crippen LogP contribution in [0.5, 0.6) is 0 Å². The lowest BCUT2D eigenvalue weighted by Gasteiger charge is -2.39. The van der Waals surface area contributed by atoms with Gasteiger partial charge in [0.2, 0.25) is 16.5 Å². The predicted octanol–water partition coefficient (Wildman–Crippen LogP) is 0.358. The van der Waals surface area contributed by atoms with Crippen molar-refractivity contribution in [1.82, 2.24) is 24.4 Å². The van der Waals surface area contributed by atoms with Crippen molar-refractivity contribution in [3.05, 3.63) is 39.9 Å². The van der Waals surface area contributed by atoms with Gasteiger partial charge in [-0.2, -0.15) is 4.37 Å². The van der Waals surface area contributed by atoms with Crippen LogP contribution in [-0.2, 0) is 9.63 Å². The molecule has 29 heavy (non-hydrogen) atoms. The first kappa shape index (κ1) is 19.0. The normalized spacial score (nSPS) is 14.1. The second kappa shape index (κ2) is 7.22. The molecule has 0 atom stereocenters. The molecule has 1 aliphatic heterocycles. The van der Waals surface area contributed by atoms with Crippen molar-refractivity contribution >= 4 is 40.3 Å². The zero-order valence-electron chi connectivity index (χ0n) is 15.4. The smallest absolute Gasteiger partial charge is 0.341 e. The molecule has 2 N–H and O–H groups in total. The number of hydroxylamine groups is 1. The van der Waals surface area contributed by atoms with Gasteiger partial charge in [0.25, 0.3) is 0 Å². The fraction of sp³-hybridized carbons (Fsp3) is 0.294. The third kappa shape index (κ3) is 3.21. The van der Waals surface area contributed by atoms with Crippen LogP contribution in [0.25, 0.3) is 16.2 Å². The zero-order valence-corrected chi connectivity index (χ0v) is 16.3. The van der Waals surface area contributed by atoms with Gasteiger partial charge in [0.15, 0.2) is 5.65 Å². The SMILES string of the molecule is CONC(=O)C1CN(c2cc(C)c3c(=O)c(C(=O)O)cn(-c4ncns4)c3n2)C1. The van der Waals surface area contributed by atoms with Gasteiger partial charge in [-0.3, -0.25) is 19.0 Å². The fourth-order valence-corrected chi connectivity index (χ4v) is 3.74. The fourth-order valence-electron chi connectivity index (χ4n) is 3.23. The van der Waals surface area contributed by atoms with Crippen LogP contribution < -0.4 is 15.8 Å². The number of carbonyl (C=O) groups excluding carboxylic acids is 1. The van der Waals surface area contributed by atoms with Gasteiger partial charge in [-0.25, -0.2) is 20.2 Å². The number of anilines is 1. The molecule has 0 spiro atoms. The summed E-state index contributed by atoms with van der Waals surface area (Å²) in [6.45, 7) is 2.62. The minimum absolute atomic E-state index is 0.207. The van der Waals surface area contributed by atoms with Crippen molar-refractivity contribution in [1.29, 1.82) is 0 Å². The van der Waals surface area contributed by atoms with Crippen LogP contribution in [-0.4, -0.2) is 56.1 Å². The van der Waals surface area contributed by atoms with Gasteiger partial charge in [-0.15, -0.1) is 0 Å². The molecule has 0 unspecified atom stereocenters. The Hall–Kier alpha value is -3.38. The Morgan fingerprint density at radius 1 is 1.38 bits per heavy atom. The van der Waals surface area contributed by atoms with E-state index in [-0.39, 0.29) is 28.4 Å². The maximum Gasteiger partial charge on any atom is 0.341 e. The van der Waals surface area contributed by atoms with E-state index in [1.807, 2.05) is 4.90 Å². The zero-order chi connectivity index (χ0) is 20.7. The van der Waals surface area contributed by atoms with Crippen molar-refractivity contribution in [2.75, 3.05) is 25.1 Å². The molecule has 0 bridgehead atoms. The van der Waals surface area contributed by atoms with Gasteiger partial charge in [-0.05, 0) is 18.6 Å². The van der Waals surface area contributed by atoms with Crippen LogP contribution >= 0.6 is 11.5 Å². The van der Waals surface area contributed by atoms with Gasteiger partial charge < -0.3 is 10.0 Å². The summed E-state index contributed by atoms with van der Waals surface area (Å²) in [5.74, 6) is -1.18. The predicted molar refractivity (Wildman–Crippen MR) is 103 cm³/mol. The number of amides is 1. The molecule has 3 aromatic rings. The Labute approximate surface area is 167 Å². The van der Waals surface area contributed by atoms with Crippen molar-refractivity contribution in [3.63, 3.8) is 0 Å². The summed E-state index contributed by atoms with van der Waals surface area (Å²) in [5.41, 5.74) is 2.21. The average molecular weight is 416 g/mol. The molecular weight excluding hydrogens is 400 g/mol. The van der Waals surface area contributed by atoms with Gasteiger partial charge in [0.1, 0.15) is 17.7 Å². The number of carbonyl (C=O) groups is 2. The van der Waals surface area contributed by atoms with E-state index in [1.165, 1.54) is 24.2 Å². The van der Waals surface area contributed by atoms with Crippen LogP contribution in [0.1, 0.15) is 15.9 Å². The molecule has 1 aliphatic rings. The highest BCUT2D eigenvalue weighted by molar-refractivity contribution is 7.08. The summed E-state index contributed by atoms with van der Waals surface area (Å²) < 4.78 is 5.41. The van der Waals surface area contributed by atoms with E-state index in [4.69, 9.17) is 0 Å². The number of nitrogens with one attached hydrogen (secondary N) is 1. The summed E-state index contributed by atoms with van der Waals surface area (Å²) >= 11 is 1.05. The number of pyridine rings is 2. The van der Waals surface area contributed by atoms with E-state index >= 15 is 0 Å². The van der Waals surface area contributed by atoms with Crippen molar-refractivity contribution in [2.45, 2.75) is 6.92 Å². The Morgan fingerprint density at radius 3 is 2.76 bits per heavy atom. The standard InChI is InChI=1S/C17H16N6O5S/c1-8-3-11(22-4-9(5-22)15(25)21-28-2)20-14-12(8)13(24)10(16(26)27)6-23(14)17-18-7-19-29-17/h3,6-7,9H,4-5H2,1-2H3,(H,21,25)(H,26,27). The van der Waals surface area contributed by atoms with Crippen LogP contribution in [0.3, 0.4) is 0 Å². The lowest BCUT2D eigenvalue weighted by molar-refractivity contribution is -0.136. The molecule has 1 saturated heterocycles. The summed E-state index contributed by atoms with van der Waals surface area (Å²) in [6.07, 6.45) is 2.56. The number of aromatic nitrogens is 4. The number of aromatic carboxylic acids is 1. The Bertz CT molecular complexity index is 1170. The molecule has 3 aromatic heterocycles. The molecule has 4 heterocycles. The molecule has 0 aliphatic carbocycles. The molecular formula is C17H16N6O5S. The monoisotopic (exact) mass is 416 g/mol. The summed E-state index contributed by atoms with van der Waals surface area (Å²) in [7, 11) is 1.38. The molecule has 11 nitrogen and oxygen atoms in total. The van der Waals surface area contributed by atoms with E-state index in [0.717, 1.165) is 11.5 Å². The lowest BCUT2D eigenvalue weighted by atomic mass is 9.99. The van der Waals surface area contributed by atoms with Crippen LogP contribution in [0.15, 0.2) is 23.4 Å². The molecule has 0 saturated carbocycles. The highest BCUT2D eigenvalue weighted by atomic mass is 32.1. The molecule has 4 rings (SSSR count). The van der Waals surface area contributed by atoms with Crippen LogP contribution in [0.2, 0.25) is 0 Å². The molecule has 1 fully saturated rings. The van der Waals surface area contributed by atoms with Crippen molar-refractivity contribution in [2.24, 2.45) is 5.92 Å². The minimum atomic E-state index is -1.33. The van der Waals surface area contributed by atoms with Crippen molar-refractivity contribution < 1.29 is 19.5 Å². The van der Waals surface area contributed by atoms with E-state index in [9.17, 15) is 19.5 Å². The first-order valence-corrected chi connectivity index (χ1v) is 9.33. The lowest BCUT2D eigenvalue weighted by Crippen LogP contribution is -2.54. The third-order valence-electron chi connectivity index (χ3n) is 4.71. The van der Waals surface area contributed by atoms with E-state index in [0.29, 0.717) is 29.6 Å². The summed E-state index contributed by atoms with van der Waals surface area (Å²) in [5, 5.41) is 10.0. The maximum absolute atomic E-state index is 12.7. The molecule has 12 heteroatoms. The van der Waals surface area contributed by atoms with Crippen molar-refractivity contribution in [3.8, 4) is 5.13 Å². The largest absolute Gasteiger partial charge is 0.477 e. The molecule has 0 radical (unpaired) electrons. The number of hydrogen-bond acceptors (Lipinski definition) is 9. The number of carboxylic acids is 1. The highest BCUT2D eigenvalue weighted by Crippen LogP contribution is 2.28. The van der Waals surface area contributed by atoms with Gasteiger partial charge in [-0.1, -0.05) is 0 Å². The maximum atomic E-state index is 12.7. The van der Waals surface area contributed by atoms with Gasteiger partial charge >= 0.3 is 5.97 Å². The second-order valence-corrected chi connectivity index (χ2v) is 7.30. The number of hydrogen-bond donors (Lipinski definition) is 2.